The molecule has 1 aliphatic heterocycles. The lowest BCUT2D eigenvalue weighted by Crippen LogP contribution is -2.34. The number of hydrogen-bond donors (Lipinski definition) is 1. The van der Waals surface area contributed by atoms with Gasteiger partial charge in [0.25, 0.3) is 0 Å². The summed E-state index contributed by atoms with van der Waals surface area (Å²) in [7, 11) is 0. The van der Waals surface area contributed by atoms with E-state index < -0.39 is 0 Å². The molecule has 2 unspecified atom stereocenters. The molecule has 4 nitrogen and oxygen atoms in total. The standard InChI is InChI=1S/C12H22N4/c1-8(2)9(3)13-10(4)12-15-14-11-6-5-7-16(11)12/h8-10,13H,5-7H2,1-4H3. The lowest BCUT2D eigenvalue weighted by molar-refractivity contribution is 0.375. The number of hydrogen-bond acceptors (Lipinski definition) is 3. The van der Waals surface area contributed by atoms with E-state index in [1.165, 1.54) is 6.42 Å². The monoisotopic (exact) mass is 222 g/mol. The molecule has 0 saturated carbocycles. The van der Waals surface area contributed by atoms with Crippen LogP contribution in [0.25, 0.3) is 0 Å². The van der Waals surface area contributed by atoms with Gasteiger partial charge in [-0.1, -0.05) is 13.8 Å². The summed E-state index contributed by atoms with van der Waals surface area (Å²) in [6, 6.07) is 0.793. The van der Waals surface area contributed by atoms with Crippen LogP contribution in [-0.2, 0) is 13.0 Å². The number of nitrogens with one attached hydrogen (secondary N) is 1. The third-order valence-electron chi connectivity index (χ3n) is 3.54. The molecule has 0 saturated heterocycles. The Kier molecular flexibility index (Phi) is 3.28. The smallest absolute Gasteiger partial charge is 0.149 e. The average molecular weight is 222 g/mol. The fraction of sp³-hybridized carbons (Fsp3) is 0.833. The van der Waals surface area contributed by atoms with Crippen LogP contribution in [-0.4, -0.2) is 20.8 Å². The van der Waals surface area contributed by atoms with Gasteiger partial charge in [0.05, 0.1) is 6.04 Å². The number of fused-ring (bicyclic) bond motifs is 1. The van der Waals surface area contributed by atoms with Gasteiger partial charge in [0.2, 0.25) is 0 Å². The van der Waals surface area contributed by atoms with Gasteiger partial charge in [0.15, 0.2) is 0 Å². The van der Waals surface area contributed by atoms with Crippen LogP contribution in [0, 0.1) is 5.92 Å². The van der Waals surface area contributed by atoms with Gasteiger partial charge in [-0.15, -0.1) is 10.2 Å². The Hall–Kier alpha value is -0.900. The molecule has 16 heavy (non-hydrogen) atoms. The molecule has 2 rings (SSSR count). The summed E-state index contributed by atoms with van der Waals surface area (Å²) in [5, 5.41) is 12.1. The minimum absolute atomic E-state index is 0.289. The molecule has 90 valence electrons. The van der Waals surface area contributed by atoms with Crippen molar-refractivity contribution in [2.45, 2.75) is 59.2 Å². The summed E-state index contributed by atoms with van der Waals surface area (Å²) in [5.74, 6) is 2.89. The molecule has 0 aromatic carbocycles. The van der Waals surface area contributed by atoms with Crippen molar-refractivity contribution in [3.05, 3.63) is 11.6 Å². The van der Waals surface area contributed by atoms with Gasteiger partial charge in [0, 0.05) is 19.0 Å². The fourth-order valence-corrected chi connectivity index (χ4v) is 2.15. The van der Waals surface area contributed by atoms with Crippen LogP contribution in [0.3, 0.4) is 0 Å². The van der Waals surface area contributed by atoms with Gasteiger partial charge in [-0.3, -0.25) is 0 Å². The van der Waals surface area contributed by atoms with E-state index in [1.54, 1.807) is 0 Å². The van der Waals surface area contributed by atoms with Gasteiger partial charge in [-0.05, 0) is 26.2 Å². The molecule has 0 spiro atoms. The van der Waals surface area contributed by atoms with Crippen LogP contribution < -0.4 is 5.32 Å². The second-order valence-corrected chi connectivity index (χ2v) is 5.15. The summed E-state index contributed by atoms with van der Waals surface area (Å²) < 4.78 is 2.27. The zero-order chi connectivity index (χ0) is 11.7. The van der Waals surface area contributed by atoms with Crippen molar-refractivity contribution in [1.82, 2.24) is 20.1 Å². The second kappa shape index (κ2) is 4.53. The van der Waals surface area contributed by atoms with Gasteiger partial charge < -0.3 is 9.88 Å². The molecule has 0 aliphatic carbocycles. The maximum Gasteiger partial charge on any atom is 0.149 e. The first-order valence-corrected chi connectivity index (χ1v) is 6.27. The number of rotatable bonds is 4. The van der Waals surface area contributed by atoms with Crippen molar-refractivity contribution < 1.29 is 0 Å². The SMILES string of the molecule is CC(NC(C)C(C)C)c1nnc2n1CCC2. The van der Waals surface area contributed by atoms with E-state index in [9.17, 15) is 0 Å². The minimum atomic E-state index is 0.289. The average Bonchev–Trinajstić information content (AvgIpc) is 2.77. The van der Waals surface area contributed by atoms with E-state index >= 15 is 0 Å². The highest BCUT2D eigenvalue weighted by molar-refractivity contribution is 5.04. The van der Waals surface area contributed by atoms with E-state index in [-0.39, 0.29) is 6.04 Å². The summed E-state index contributed by atoms with van der Waals surface area (Å²) in [4.78, 5) is 0. The topological polar surface area (TPSA) is 42.7 Å². The minimum Gasteiger partial charge on any atom is -0.314 e. The van der Waals surface area contributed by atoms with Gasteiger partial charge in [-0.25, -0.2) is 0 Å². The lowest BCUT2D eigenvalue weighted by atomic mass is 10.1. The van der Waals surface area contributed by atoms with E-state index in [0.717, 1.165) is 24.6 Å². The molecule has 1 aromatic rings. The van der Waals surface area contributed by atoms with E-state index in [4.69, 9.17) is 0 Å². The molecule has 2 heterocycles. The van der Waals surface area contributed by atoms with Gasteiger partial charge in [0.1, 0.15) is 11.6 Å². The van der Waals surface area contributed by atoms with Crippen LogP contribution in [0.4, 0.5) is 0 Å². The molecular formula is C12H22N4. The van der Waals surface area contributed by atoms with Crippen LogP contribution in [0.2, 0.25) is 0 Å². The Labute approximate surface area is 97.5 Å². The highest BCUT2D eigenvalue weighted by Crippen LogP contribution is 2.19. The fourth-order valence-electron chi connectivity index (χ4n) is 2.15. The lowest BCUT2D eigenvalue weighted by Gasteiger charge is -2.22. The number of aromatic nitrogens is 3. The molecule has 0 amide bonds. The van der Waals surface area contributed by atoms with Crippen molar-refractivity contribution in [3.63, 3.8) is 0 Å². The highest BCUT2D eigenvalue weighted by atomic mass is 15.3. The van der Waals surface area contributed by atoms with Crippen molar-refractivity contribution in [2.24, 2.45) is 5.92 Å². The summed E-state index contributed by atoms with van der Waals surface area (Å²) in [6.45, 7) is 9.95. The molecule has 1 N–H and O–H groups in total. The molecule has 1 aliphatic rings. The zero-order valence-corrected chi connectivity index (χ0v) is 10.7. The predicted octanol–water partition coefficient (Wildman–Crippen LogP) is 1.92. The number of aryl methyl sites for hydroxylation is 1. The van der Waals surface area contributed by atoms with Crippen molar-refractivity contribution in [2.75, 3.05) is 0 Å². The van der Waals surface area contributed by atoms with Crippen molar-refractivity contribution in [3.8, 4) is 0 Å². The summed E-state index contributed by atoms with van der Waals surface area (Å²) in [5.41, 5.74) is 0. The Morgan fingerprint density at radius 2 is 1.94 bits per heavy atom. The van der Waals surface area contributed by atoms with Gasteiger partial charge >= 0.3 is 0 Å². The predicted molar refractivity (Wildman–Crippen MR) is 64.2 cm³/mol. The molecule has 0 bridgehead atoms. The first kappa shape index (κ1) is 11.6. The Bertz CT molecular complexity index is 356. The third kappa shape index (κ3) is 2.12. The van der Waals surface area contributed by atoms with Gasteiger partial charge in [-0.2, -0.15) is 0 Å². The van der Waals surface area contributed by atoms with E-state index in [1.807, 2.05) is 0 Å². The van der Waals surface area contributed by atoms with E-state index in [0.29, 0.717) is 12.0 Å². The maximum absolute atomic E-state index is 4.30. The Morgan fingerprint density at radius 3 is 2.62 bits per heavy atom. The Balaban J connectivity index is 2.06. The molecule has 0 fully saturated rings. The first-order valence-electron chi connectivity index (χ1n) is 6.27. The second-order valence-electron chi connectivity index (χ2n) is 5.15. The molecule has 0 radical (unpaired) electrons. The normalized spacial score (nSPS) is 18.8. The van der Waals surface area contributed by atoms with Crippen molar-refractivity contribution >= 4 is 0 Å². The van der Waals surface area contributed by atoms with Crippen LogP contribution >= 0.6 is 0 Å². The van der Waals surface area contributed by atoms with Crippen LogP contribution in [0.15, 0.2) is 0 Å². The highest BCUT2D eigenvalue weighted by Gasteiger charge is 2.22. The summed E-state index contributed by atoms with van der Waals surface area (Å²) >= 11 is 0. The number of nitrogens with zero attached hydrogens (tertiary/aromatic N) is 3. The Morgan fingerprint density at radius 1 is 1.19 bits per heavy atom. The first-order chi connectivity index (χ1) is 7.59. The quantitative estimate of drug-likeness (QED) is 0.846. The molecule has 4 heteroatoms. The third-order valence-corrected chi connectivity index (χ3v) is 3.54. The molecule has 2 atom stereocenters. The molecular weight excluding hydrogens is 200 g/mol. The largest absolute Gasteiger partial charge is 0.314 e. The van der Waals surface area contributed by atoms with E-state index in [2.05, 4.69) is 47.8 Å². The van der Waals surface area contributed by atoms with Crippen LogP contribution in [0.1, 0.15) is 51.8 Å². The van der Waals surface area contributed by atoms with Crippen molar-refractivity contribution in [1.29, 1.82) is 0 Å². The summed E-state index contributed by atoms with van der Waals surface area (Å²) in [6.07, 6.45) is 2.30. The zero-order valence-electron chi connectivity index (χ0n) is 10.7. The van der Waals surface area contributed by atoms with Crippen LogP contribution in [0.5, 0.6) is 0 Å². The maximum atomic E-state index is 4.30. The molecule has 1 aromatic heterocycles.